The van der Waals surface area contributed by atoms with E-state index < -0.39 is 0 Å². The van der Waals surface area contributed by atoms with Crippen LogP contribution in [0.4, 0.5) is 5.69 Å². The Bertz CT molecular complexity index is 816. The number of hydrogen-bond donors (Lipinski definition) is 2. The molecule has 0 aliphatic carbocycles. The molecule has 3 heteroatoms. The van der Waals surface area contributed by atoms with E-state index in [1.54, 1.807) is 0 Å². The van der Waals surface area contributed by atoms with Crippen LogP contribution in [0.25, 0.3) is 0 Å². The summed E-state index contributed by atoms with van der Waals surface area (Å²) in [5.41, 5.74) is 8.34. The summed E-state index contributed by atoms with van der Waals surface area (Å²) in [4.78, 5) is 12.5. The Labute approximate surface area is 148 Å². The lowest BCUT2D eigenvalue weighted by Crippen LogP contribution is -2.67. The average Bonchev–Trinajstić information content (AvgIpc) is 2.65. The Balaban J connectivity index is 1.69. The second-order valence-corrected chi connectivity index (χ2v) is 6.20. The van der Waals surface area contributed by atoms with Crippen molar-refractivity contribution in [3.63, 3.8) is 0 Å². The molecule has 1 amide bonds. The predicted octanol–water partition coefficient (Wildman–Crippen LogP) is 3.07. The van der Waals surface area contributed by atoms with Crippen LogP contribution in [0.15, 0.2) is 84.9 Å². The maximum absolute atomic E-state index is 12.5. The fourth-order valence-corrected chi connectivity index (χ4v) is 2.84. The van der Waals surface area contributed by atoms with Gasteiger partial charge in [-0.2, -0.15) is 0 Å². The molecule has 25 heavy (non-hydrogen) atoms. The average molecular weight is 331 g/mol. The van der Waals surface area contributed by atoms with Crippen LogP contribution in [0.3, 0.4) is 0 Å². The predicted molar refractivity (Wildman–Crippen MR) is 101 cm³/mol. The van der Waals surface area contributed by atoms with E-state index in [2.05, 4.69) is 29.2 Å². The third-order valence-electron chi connectivity index (χ3n) is 4.21. The van der Waals surface area contributed by atoms with E-state index in [0.717, 1.165) is 23.2 Å². The van der Waals surface area contributed by atoms with Gasteiger partial charge in [0.1, 0.15) is 0 Å². The van der Waals surface area contributed by atoms with Crippen molar-refractivity contribution in [1.29, 1.82) is 0 Å². The number of nitrogens with one attached hydrogen (secondary N) is 1. The number of carbonyl (C=O) groups is 1. The van der Waals surface area contributed by atoms with Crippen LogP contribution in [0, 0.1) is 0 Å². The summed E-state index contributed by atoms with van der Waals surface area (Å²) in [5.74, 6) is -0.0515. The van der Waals surface area contributed by atoms with Gasteiger partial charge in [0, 0.05) is 12.1 Å². The molecule has 0 aliphatic heterocycles. The largest absolute Gasteiger partial charge is 0.347 e. The SMILES string of the molecule is [NH3+][C@@H](Cc1ccccc1)C(=O)Nc1ccccc1Cc1ccccc1. The number of carbonyl (C=O) groups excluding carboxylic acids is 1. The lowest BCUT2D eigenvalue weighted by Gasteiger charge is -2.13. The molecular weight excluding hydrogens is 308 g/mol. The number of para-hydroxylation sites is 1. The van der Waals surface area contributed by atoms with Crippen LogP contribution in [0.5, 0.6) is 0 Å². The zero-order valence-electron chi connectivity index (χ0n) is 14.2. The van der Waals surface area contributed by atoms with Crippen molar-refractivity contribution in [3.05, 3.63) is 102 Å². The molecule has 4 N–H and O–H groups in total. The highest BCUT2D eigenvalue weighted by Gasteiger charge is 2.18. The smallest absolute Gasteiger partial charge is 0.282 e. The molecule has 0 saturated heterocycles. The molecule has 126 valence electrons. The molecule has 0 spiro atoms. The normalized spacial score (nSPS) is 11.7. The van der Waals surface area contributed by atoms with E-state index in [0.29, 0.717) is 6.42 Å². The standard InChI is InChI=1S/C22H22N2O/c23-20(16-18-11-5-2-6-12-18)22(25)24-21-14-8-7-13-19(21)15-17-9-3-1-4-10-17/h1-14,20H,15-16,23H2,(H,24,25)/p+1/t20-/m0/s1. The van der Waals surface area contributed by atoms with Crippen LogP contribution in [0.1, 0.15) is 16.7 Å². The van der Waals surface area contributed by atoms with Gasteiger partial charge in [-0.25, -0.2) is 0 Å². The van der Waals surface area contributed by atoms with Gasteiger partial charge in [0.25, 0.3) is 5.91 Å². The first-order valence-electron chi connectivity index (χ1n) is 8.52. The molecule has 0 aromatic heterocycles. The number of rotatable bonds is 6. The Morgan fingerprint density at radius 1 is 0.800 bits per heavy atom. The van der Waals surface area contributed by atoms with Gasteiger partial charge in [-0.1, -0.05) is 78.9 Å². The number of benzene rings is 3. The van der Waals surface area contributed by atoms with Crippen LogP contribution in [0.2, 0.25) is 0 Å². The first-order valence-corrected chi connectivity index (χ1v) is 8.52. The van der Waals surface area contributed by atoms with Gasteiger partial charge in [0.2, 0.25) is 0 Å². The van der Waals surface area contributed by atoms with Gasteiger partial charge in [0.15, 0.2) is 6.04 Å². The Morgan fingerprint density at radius 2 is 1.36 bits per heavy atom. The summed E-state index contributed by atoms with van der Waals surface area (Å²) in [6.07, 6.45) is 1.42. The Morgan fingerprint density at radius 3 is 2.04 bits per heavy atom. The van der Waals surface area contributed by atoms with Crippen molar-refractivity contribution in [2.75, 3.05) is 5.32 Å². The van der Waals surface area contributed by atoms with Crippen molar-refractivity contribution in [2.45, 2.75) is 18.9 Å². The third kappa shape index (κ3) is 4.78. The van der Waals surface area contributed by atoms with Gasteiger partial charge in [0.05, 0.1) is 0 Å². The second kappa shape index (κ2) is 8.27. The van der Waals surface area contributed by atoms with Crippen LogP contribution in [-0.4, -0.2) is 11.9 Å². The zero-order valence-corrected chi connectivity index (χ0v) is 14.2. The molecule has 1 atom stereocenters. The molecule has 3 aromatic carbocycles. The molecule has 3 rings (SSSR count). The molecule has 0 bridgehead atoms. The van der Waals surface area contributed by atoms with Crippen molar-refractivity contribution in [3.8, 4) is 0 Å². The number of hydrogen-bond acceptors (Lipinski definition) is 1. The summed E-state index contributed by atoms with van der Waals surface area (Å²) >= 11 is 0. The summed E-state index contributed by atoms with van der Waals surface area (Å²) in [6.45, 7) is 0. The van der Waals surface area contributed by atoms with Gasteiger partial charge >= 0.3 is 0 Å². The summed E-state index contributed by atoms with van der Waals surface area (Å²) in [7, 11) is 0. The van der Waals surface area contributed by atoms with Crippen molar-refractivity contribution >= 4 is 11.6 Å². The quantitative estimate of drug-likeness (QED) is 0.716. The van der Waals surface area contributed by atoms with Crippen molar-refractivity contribution in [1.82, 2.24) is 0 Å². The Kier molecular flexibility index (Phi) is 5.60. The third-order valence-corrected chi connectivity index (χ3v) is 4.21. The summed E-state index contributed by atoms with van der Waals surface area (Å²) in [6, 6.07) is 27.9. The summed E-state index contributed by atoms with van der Waals surface area (Å²) in [5, 5.41) is 3.05. The lowest BCUT2D eigenvalue weighted by atomic mass is 10.0. The first-order chi connectivity index (χ1) is 12.2. The monoisotopic (exact) mass is 331 g/mol. The molecule has 0 saturated carbocycles. The maximum Gasteiger partial charge on any atom is 0.282 e. The van der Waals surface area contributed by atoms with E-state index in [4.69, 9.17) is 0 Å². The number of quaternary nitrogens is 1. The van der Waals surface area contributed by atoms with Gasteiger partial charge < -0.3 is 11.1 Å². The molecule has 0 radical (unpaired) electrons. The van der Waals surface area contributed by atoms with Crippen molar-refractivity contribution < 1.29 is 10.5 Å². The zero-order chi connectivity index (χ0) is 17.5. The molecular formula is C22H23N2O+. The molecule has 0 heterocycles. The maximum atomic E-state index is 12.5. The minimum Gasteiger partial charge on any atom is -0.347 e. The van der Waals surface area contributed by atoms with Gasteiger partial charge in [-0.3, -0.25) is 4.79 Å². The van der Waals surface area contributed by atoms with Gasteiger partial charge in [-0.15, -0.1) is 0 Å². The van der Waals surface area contributed by atoms with Gasteiger partial charge in [-0.05, 0) is 29.2 Å². The second-order valence-electron chi connectivity index (χ2n) is 6.20. The fraction of sp³-hybridized carbons (Fsp3) is 0.136. The number of amides is 1. The minimum absolute atomic E-state index is 0.0515. The lowest BCUT2D eigenvalue weighted by molar-refractivity contribution is -0.402. The molecule has 3 nitrogen and oxygen atoms in total. The van der Waals surface area contributed by atoms with E-state index in [1.807, 2.05) is 66.7 Å². The van der Waals surface area contributed by atoms with Crippen LogP contribution in [-0.2, 0) is 17.6 Å². The first kappa shape index (κ1) is 16.9. The van der Waals surface area contributed by atoms with E-state index in [1.165, 1.54) is 5.56 Å². The minimum atomic E-state index is -0.327. The highest BCUT2D eigenvalue weighted by molar-refractivity contribution is 5.94. The molecule has 3 aromatic rings. The Hall–Kier alpha value is -2.91. The van der Waals surface area contributed by atoms with E-state index in [-0.39, 0.29) is 11.9 Å². The molecule has 0 fully saturated rings. The van der Waals surface area contributed by atoms with Crippen LogP contribution < -0.4 is 11.1 Å². The van der Waals surface area contributed by atoms with E-state index >= 15 is 0 Å². The van der Waals surface area contributed by atoms with Crippen molar-refractivity contribution in [2.24, 2.45) is 0 Å². The highest BCUT2D eigenvalue weighted by Crippen LogP contribution is 2.19. The van der Waals surface area contributed by atoms with E-state index in [9.17, 15) is 4.79 Å². The molecule has 0 unspecified atom stereocenters. The topological polar surface area (TPSA) is 56.7 Å². The summed E-state index contributed by atoms with van der Waals surface area (Å²) < 4.78 is 0. The van der Waals surface area contributed by atoms with Crippen LogP contribution >= 0.6 is 0 Å². The molecule has 0 aliphatic rings. The number of anilines is 1. The fourth-order valence-electron chi connectivity index (χ4n) is 2.84. The highest BCUT2D eigenvalue weighted by atomic mass is 16.2.